The molecule has 20 nitrogen and oxygen atoms in total. The Balaban J connectivity index is 1.14. The number of aliphatic hydroxyl groups is 2. The molecule has 2 aliphatic rings. The summed E-state index contributed by atoms with van der Waals surface area (Å²) in [6, 6.07) is 2.81. The number of hydrogen-bond acceptors (Lipinski definition) is 15. The quantitative estimate of drug-likeness (QED) is 0.0916. The largest absolute Gasteiger partial charge is 0.843 e. The Hall–Kier alpha value is -2.97. The second-order valence-electron chi connectivity index (χ2n) is 9.57. The lowest BCUT2D eigenvalue weighted by atomic mass is 10.1. The summed E-state index contributed by atoms with van der Waals surface area (Å²) < 4.78 is 52.3. The molecule has 5 rings (SSSR count). The van der Waals surface area contributed by atoms with Gasteiger partial charge in [0.2, 0.25) is 0 Å². The average Bonchev–Trinajstić information content (AvgIpc) is 3.62. The first kappa shape index (κ1) is 31.5. The summed E-state index contributed by atoms with van der Waals surface area (Å²) >= 11 is 0. The van der Waals surface area contributed by atoms with Crippen LogP contribution in [0.15, 0.2) is 37.2 Å². The van der Waals surface area contributed by atoms with Crippen LogP contribution in [0.3, 0.4) is 0 Å². The van der Waals surface area contributed by atoms with Crippen molar-refractivity contribution in [3.05, 3.63) is 42.7 Å². The molecule has 2 saturated heterocycles. The lowest BCUT2D eigenvalue weighted by Gasteiger charge is -2.22. The van der Waals surface area contributed by atoms with E-state index < -0.39 is 77.7 Å². The Kier molecular flexibility index (Phi) is 8.92. The Labute approximate surface area is 241 Å². The third kappa shape index (κ3) is 6.91. The molecule has 3 aromatic rings. The molecule has 5 heterocycles. The molecule has 8 N–H and O–H groups in total. The normalized spacial score (nSPS) is 30.3. The first-order valence-electron chi connectivity index (χ1n) is 12.5. The van der Waals surface area contributed by atoms with Gasteiger partial charge >= 0.3 is 15.6 Å². The smallest absolute Gasteiger partial charge is 0.481 e. The van der Waals surface area contributed by atoms with Crippen molar-refractivity contribution in [2.24, 2.45) is 5.73 Å². The van der Waals surface area contributed by atoms with Gasteiger partial charge in [0, 0.05) is 12.5 Å². The number of rotatable bonds is 11. The fourth-order valence-electron chi connectivity index (χ4n) is 4.56. The monoisotopic (exact) mass is 647 g/mol. The number of aromatic nitrogens is 5. The second-order valence-corrected chi connectivity index (χ2v) is 12.6. The SMILES string of the molecule is NC(=O)c1ccc[n+]([C@@H]2O[C@H](COP(=O)(O)OP(=O)(O)OC[C@@H]3C[C@@H](O)[C@H](n4cnc5c(N)ncnc54)O3)[C@@H](O)[C@H]2[O-])c1. The molecule has 234 valence electrons. The Bertz CT molecular complexity index is 1590. The van der Waals surface area contributed by atoms with E-state index in [0.29, 0.717) is 0 Å². The fourth-order valence-corrected chi connectivity index (χ4v) is 6.67. The third-order valence-electron chi connectivity index (χ3n) is 6.57. The number of fused-ring (bicyclic) bond motifs is 1. The summed E-state index contributed by atoms with van der Waals surface area (Å²) in [6.07, 6.45) is -4.35. The first-order valence-corrected chi connectivity index (χ1v) is 15.5. The van der Waals surface area contributed by atoms with Crippen molar-refractivity contribution < 1.29 is 66.4 Å². The highest BCUT2D eigenvalue weighted by atomic mass is 31.3. The summed E-state index contributed by atoms with van der Waals surface area (Å²) in [6.45, 7) is -1.54. The van der Waals surface area contributed by atoms with Gasteiger partial charge in [-0.25, -0.2) is 24.1 Å². The van der Waals surface area contributed by atoms with Crippen LogP contribution in [0.25, 0.3) is 11.2 Å². The molecular weight excluding hydrogens is 620 g/mol. The topological polar surface area (TPSA) is 301 Å². The van der Waals surface area contributed by atoms with Crippen molar-refractivity contribution in [1.29, 1.82) is 0 Å². The number of primary amides is 1. The van der Waals surface area contributed by atoms with Gasteiger partial charge in [0.15, 0.2) is 30.1 Å². The first-order chi connectivity index (χ1) is 20.2. The number of phosphoric ester groups is 2. The van der Waals surface area contributed by atoms with Gasteiger partial charge in [-0.3, -0.25) is 18.4 Å². The van der Waals surface area contributed by atoms with Crippen molar-refractivity contribution in [2.45, 2.75) is 49.4 Å². The summed E-state index contributed by atoms with van der Waals surface area (Å²) in [5.41, 5.74) is 11.6. The van der Waals surface area contributed by atoms with E-state index >= 15 is 0 Å². The Morgan fingerprint density at radius 3 is 2.60 bits per heavy atom. The average molecular weight is 647 g/mol. The summed E-state index contributed by atoms with van der Waals surface area (Å²) in [5, 5.41) is 33.3. The zero-order valence-electron chi connectivity index (χ0n) is 21.9. The molecule has 9 atom stereocenters. The highest BCUT2D eigenvalue weighted by molar-refractivity contribution is 7.61. The van der Waals surface area contributed by atoms with E-state index in [4.69, 9.17) is 25.5 Å². The van der Waals surface area contributed by atoms with Gasteiger partial charge in [-0.05, 0) is 12.2 Å². The number of ether oxygens (including phenoxy) is 2. The molecule has 2 fully saturated rings. The van der Waals surface area contributed by atoms with E-state index in [-0.39, 0.29) is 29.0 Å². The van der Waals surface area contributed by atoms with E-state index in [1.165, 1.54) is 46.3 Å². The number of anilines is 1. The number of amides is 1. The van der Waals surface area contributed by atoms with Crippen LogP contribution in [0.5, 0.6) is 0 Å². The summed E-state index contributed by atoms with van der Waals surface area (Å²) in [7, 11) is -10.6. The number of phosphoric acid groups is 2. The summed E-state index contributed by atoms with van der Waals surface area (Å²) in [5.74, 6) is -0.659. The van der Waals surface area contributed by atoms with Crippen LogP contribution < -0.4 is 21.1 Å². The number of nitrogen functional groups attached to an aromatic ring is 1. The van der Waals surface area contributed by atoms with Crippen LogP contribution in [0.1, 0.15) is 29.2 Å². The number of nitrogens with two attached hydrogens (primary N) is 2. The number of aliphatic hydroxyl groups excluding tert-OH is 2. The predicted octanol–water partition coefficient (Wildman–Crippen LogP) is -2.62. The van der Waals surface area contributed by atoms with E-state index in [1.807, 2.05) is 0 Å². The molecule has 0 saturated carbocycles. The van der Waals surface area contributed by atoms with Crippen LogP contribution in [0.2, 0.25) is 0 Å². The fraction of sp³-hybridized carbons (Fsp3) is 0.476. The molecule has 0 aliphatic carbocycles. The standard InChI is InChI=1S/C21H27N7O13P2/c22-17-14-19(25-8-24-17)28(9-26-14)20-12(29)4-11(39-20)6-37-42(33,34)41-43(35,36)38-7-13-15(30)16(31)21(40-13)27-3-1-2-10(5-27)18(23)32/h1-3,5,8-9,11-13,15-16,20-21,29-30H,4,6-7H2,(H2,23,32)(H,33,34)(H,35,36)(H2,22,24,25)/t11-,12+,13+,15+,16+,20+,21+/m0/s1. The molecule has 0 aromatic carbocycles. The molecule has 0 radical (unpaired) electrons. The van der Waals surface area contributed by atoms with Crippen molar-refractivity contribution in [1.82, 2.24) is 19.5 Å². The summed E-state index contributed by atoms with van der Waals surface area (Å²) in [4.78, 5) is 43.4. The molecule has 0 bridgehead atoms. The third-order valence-corrected chi connectivity index (χ3v) is 9.17. The minimum atomic E-state index is -5.31. The molecular formula is C21H27N7O13P2. The lowest BCUT2D eigenvalue weighted by molar-refractivity contribution is -0.782. The number of hydrogen-bond donors (Lipinski definition) is 6. The maximum atomic E-state index is 12.6. The zero-order chi connectivity index (χ0) is 31.1. The van der Waals surface area contributed by atoms with Gasteiger partial charge in [-0.2, -0.15) is 8.88 Å². The van der Waals surface area contributed by atoms with Gasteiger partial charge < -0.3 is 46.0 Å². The zero-order valence-corrected chi connectivity index (χ0v) is 23.7. The number of pyridine rings is 1. The molecule has 0 spiro atoms. The van der Waals surface area contributed by atoms with E-state index in [9.17, 15) is 39.0 Å². The Morgan fingerprint density at radius 2 is 1.88 bits per heavy atom. The highest BCUT2D eigenvalue weighted by Crippen LogP contribution is 2.60. The van der Waals surface area contributed by atoms with Crippen LogP contribution in [-0.4, -0.2) is 89.2 Å². The minimum absolute atomic E-state index is 0.0578. The van der Waals surface area contributed by atoms with Crippen LogP contribution in [0, 0.1) is 0 Å². The number of nitrogens with zero attached hydrogens (tertiary/aromatic N) is 5. The predicted molar refractivity (Wildman–Crippen MR) is 136 cm³/mol. The van der Waals surface area contributed by atoms with Gasteiger partial charge in [0.25, 0.3) is 12.1 Å². The molecule has 2 unspecified atom stereocenters. The number of carbonyl (C=O) groups is 1. The molecule has 43 heavy (non-hydrogen) atoms. The van der Waals surface area contributed by atoms with Crippen LogP contribution in [0.4, 0.5) is 5.82 Å². The van der Waals surface area contributed by atoms with Crippen molar-refractivity contribution >= 4 is 38.5 Å². The van der Waals surface area contributed by atoms with Gasteiger partial charge in [-0.1, -0.05) is 0 Å². The van der Waals surface area contributed by atoms with E-state index in [2.05, 4.69) is 23.8 Å². The van der Waals surface area contributed by atoms with Gasteiger partial charge in [-0.15, -0.1) is 0 Å². The van der Waals surface area contributed by atoms with E-state index in [0.717, 1.165) is 0 Å². The molecule has 1 amide bonds. The maximum Gasteiger partial charge on any atom is 0.481 e. The van der Waals surface area contributed by atoms with Gasteiger partial charge in [0.05, 0.1) is 31.7 Å². The molecule has 2 aliphatic heterocycles. The lowest BCUT2D eigenvalue weighted by Crippen LogP contribution is -2.52. The minimum Gasteiger partial charge on any atom is -0.843 e. The van der Waals surface area contributed by atoms with Crippen LogP contribution in [-0.2, 0) is 32.0 Å². The molecule has 22 heteroatoms. The number of carbonyl (C=O) groups excluding carboxylic acids is 1. The van der Waals surface area contributed by atoms with Crippen molar-refractivity contribution in [3.63, 3.8) is 0 Å². The van der Waals surface area contributed by atoms with Gasteiger partial charge in [0.1, 0.15) is 29.6 Å². The Morgan fingerprint density at radius 1 is 1.16 bits per heavy atom. The van der Waals surface area contributed by atoms with E-state index in [1.54, 1.807) is 0 Å². The highest BCUT2D eigenvalue weighted by Gasteiger charge is 2.45. The van der Waals surface area contributed by atoms with Crippen molar-refractivity contribution in [2.75, 3.05) is 18.9 Å². The molecule has 3 aromatic heterocycles. The number of imidazole rings is 1. The maximum absolute atomic E-state index is 12.6. The van der Waals surface area contributed by atoms with Crippen LogP contribution >= 0.6 is 15.6 Å². The van der Waals surface area contributed by atoms with Crippen molar-refractivity contribution in [3.8, 4) is 0 Å². The second kappa shape index (κ2) is 12.2.